The van der Waals surface area contributed by atoms with E-state index in [9.17, 15) is 4.79 Å². The van der Waals surface area contributed by atoms with Crippen LogP contribution in [0.4, 0.5) is 0 Å². The molecule has 0 aliphatic heterocycles. The Kier molecular flexibility index (Phi) is 5.79. The van der Waals surface area contributed by atoms with Gasteiger partial charge in [0.05, 0.1) is 6.26 Å². The van der Waals surface area contributed by atoms with E-state index in [-0.39, 0.29) is 0 Å². The molecule has 0 rings (SSSR count). The van der Waals surface area contributed by atoms with E-state index in [1.165, 1.54) is 6.26 Å². The van der Waals surface area contributed by atoms with Crippen molar-refractivity contribution < 1.29 is 14.3 Å². The summed E-state index contributed by atoms with van der Waals surface area (Å²) < 4.78 is 9.86. The molecule has 3 nitrogen and oxygen atoms in total. The van der Waals surface area contributed by atoms with Crippen LogP contribution in [0.3, 0.4) is 0 Å². The lowest BCUT2D eigenvalue weighted by Gasteiger charge is -2.13. The molecule has 0 fully saturated rings. The van der Waals surface area contributed by atoms with Gasteiger partial charge in [-0.2, -0.15) is 0 Å². The summed E-state index contributed by atoms with van der Waals surface area (Å²) in [4.78, 5) is 10.7. The number of ether oxygens (including phenoxy) is 2. The lowest BCUT2D eigenvalue weighted by atomic mass is 10.5. The summed E-state index contributed by atoms with van der Waals surface area (Å²) in [6.07, 6.45) is 4.44. The molecule has 0 spiro atoms. The maximum Gasteiger partial charge on any atom is 0.333 e. The molecular weight excluding hydrogens is 156 g/mol. The van der Waals surface area contributed by atoms with Gasteiger partial charge in [0.1, 0.15) is 0 Å². The highest BCUT2D eigenvalue weighted by atomic mass is 16.7. The van der Waals surface area contributed by atoms with E-state index >= 15 is 0 Å². The molecule has 0 amide bonds. The second-order valence-corrected chi connectivity index (χ2v) is 2.08. The largest absolute Gasteiger partial charge is 0.463 e. The number of carbonyl (C=O) groups excluding carboxylic acids is 1. The summed E-state index contributed by atoms with van der Waals surface area (Å²) in [5.74, 6) is -0.466. The zero-order valence-corrected chi connectivity index (χ0v) is 7.45. The molecule has 0 aromatic carbocycles. The van der Waals surface area contributed by atoms with Gasteiger partial charge < -0.3 is 9.47 Å². The smallest absolute Gasteiger partial charge is 0.333 e. The Morgan fingerprint density at radius 1 is 1.67 bits per heavy atom. The molecule has 0 radical (unpaired) electrons. The summed E-state index contributed by atoms with van der Waals surface area (Å²) in [6.45, 7) is 6.97. The van der Waals surface area contributed by atoms with Crippen molar-refractivity contribution in [3.63, 3.8) is 0 Å². The average Bonchev–Trinajstić information content (AvgIpc) is 2.11. The maximum atomic E-state index is 10.7. The highest BCUT2D eigenvalue weighted by Crippen LogP contribution is 2.01. The van der Waals surface area contributed by atoms with Crippen LogP contribution in [0.2, 0.25) is 0 Å². The number of esters is 1. The predicted molar refractivity (Wildman–Crippen MR) is 46.3 cm³/mol. The summed E-state index contributed by atoms with van der Waals surface area (Å²) in [5, 5.41) is 0. The van der Waals surface area contributed by atoms with E-state index in [0.29, 0.717) is 6.42 Å². The Labute approximate surface area is 72.7 Å². The van der Waals surface area contributed by atoms with Gasteiger partial charge in [-0.25, -0.2) is 4.79 Å². The third-order valence-electron chi connectivity index (χ3n) is 1.11. The highest BCUT2D eigenvalue weighted by Gasteiger charge is 2.08. The molecule has 0 aromatic heterocycles. The standard InChI is InChI=1S/C9H14O3/c1-4-7-11-9(6-3)12-8(10)5-2/h4-5,7,9H,2,6H2,1,3H3. The average molecular weight is 170 g/mol. The first-order chi connectivity index (χ1) is 5.74. The van der Waals surface area contributed by atoms with Crippen molar-refractivity contribution in [2.24, 2.45) is 0 Å². The lowest BCUT2D eigenvalue weighted by molar-refractivity contribution is -0.163. The first-order valence-corrected chi connectivity index (χ1v) is 3.84. The van der Waals surface area contributed by atoms with Crippen molar-refractivity contribution in [1.82, 2.24) is 0 Å². The number of rotatable bonds is 5. The summed E-state index contributed by atoms with van der Waals surface area (Å²) in [7, 11) is 0. The molecule has 0 N–H and O–H groups in total. The van der Waals surface area contributed by atoms with Crippen LogP contribution in [0.1, 0.15) is 20.3 Å². The topological polar surface area (TPSA) is 35.5 Å². The van der Waals surface area contributed by atoms with E-state index < -0.39 is 12.3 Å². The molecule has 0 aromatic rings. The van der Waals surface area contributed by atoms with Crippen molar-refractivity contribution >= 4 is 5.97 Å². The van der Waals surface area contributed by atoms with Crippen molar-refractivity contribution in [3.8, 4) is 0 Å². The molecule has 68 valence electrons. The first kappa shape index (κ1) is 10.8. The van der Waals surface area contributed by atoms with Crippen molar-refractivity contribution in [2.45, 2.75) is 26.6 Å². The Bertz CT molecular complexity index is 173. The molecule has 12 heavy (non-hydrogen) atoms. The third-order valence-corrected chi connectivity index (χ3v) is 1.11. The van der Waals surface area contributed by atoms with Gasteiger partial charge in [0.2, 0.25) is 6.29 Å². The molecule has 0 heterocycles. The number of hydrogen-bond acceptors (Lipinski definition) is 3. The minimum Gasteiger partial charge on any atom is -0.463 e. The fourth-order valence-corrected chi connectivity index (χ4v) is 0.551. The minimum absolute atomic E-state index is 0.466. The lowest BCUT2D eigenvalue weighted by Crippen LogP contribution is -2.16. The molecule has 1 atom stereocenters. The van der Waals surface area contributed by atoms with E-state index in [1.54, 1.807) is 6.08 Å². The van der Waals surface area contributed by atoms with Gasteiger partial charge in [0.25, 0.3) is 0 Å². The fourth-order valence-electron chi connectivity index (χ4n) is 0.551. The molecule has 0 saturated carbocycles. The number of hydrogen-bond donors (Lipinski definition) is 0. The molecule has 0 bridgehead atoms. The van der Waals surface area contributed by atoms with E-state index in [2.05, 4.69) is 6.58 Å². The SMILES string of the molecule is C=CC(=O)OC(CC)OC=CC. The van der Waals surface area contributed by atoms with Gasteiger partial charge in [0, 0.05) is 12.5 Å². The van der Waals surface area contributed by atoms with Crippen molar-refractivity contribution in [3.05, 3.63) is 25.0 Å². The summed E-state index contributed by atoms with van der Waals surface area (Å²) in [5.41, 5.74) is 0. The van der Waals surface area contributed by atoms with Gasteiger partial charge in [-0.15, -0.1) is 0 Å². The van der Waals surface area contributed by atoms with Gasteiger partial charge in [-0.3, -0.25) is 0 Å². The number of allylic oxidation sites excluding steroid dienone is 1. The molecule has 0 saturated heterocycles. The maximum absolute atomic E-state index is 10.7. The Hall–Kier alpha value is -1.25. The second kappa shape index (κ2) is 6.46. The van der Waals surface area contributed by atoms with Gasteiger partial charge in [-0.1, -0.05) is 19.6 Å². The summed E-state index contributed by atoms with van der Waals surface area (Å²) in [6, 6.07) is 0. The van der Waals surface area contributed by atoms with Crippen LogP contribution in [0.15, 0.2) is 25.0 Å². The van der Waals surface area contributed by atoms with Crippen LogP contribution in [-0.2, 0) is 14.3 Å². The van der Waals surface area contributed by atoms with Crippen LogP contribution >= 0.6 is 0 Å². The highest BCUT2D eigenvalue weighted by molar-refractivity contribution is 5.81. The molecule has 0 aliphatic rings. The second-order valence-electron chi connectivity index (χ2n) is 2.08. The summed E-state index contributed by atoms with van der Waals surface area (Å²) >= 11 is 0. The van der Waals surface area contributed by atoms with Gasteiger partial charge in [0.15, 0.2) is 0 Å². The molecule has 3 heteroatoms. The van der Waals surface area contributed by atoms with Crippen LogP contribution in [0.5, 0.6) is 0 Å². The molecule has 1 unspecified atom stereocenters. The molecule has 0 aliphatic carbocycles. The number of carbonyl (C=O) groups is 1. The predicted octanol–water partition coefficient (Wildman–Crippen LogP) is 2.00. The first-order valence-electron chi connectivity index (χ1n) is 3.84. The Balaban J connectivity index is 3.81. The van der Waals surface area contributed by atoms with Crippen LogP contribution in [0, 0.1) is 0 Å². The fraction of sp³-hybridized carbons (Fsp3) is 0.444. The van der Waals surface area contributed by atoms with E-state index in [4.69, 9.17) is 9.47 Å². The third kappa shape index (κ3) is 4.55. The molecular formula is C9H14O3. The van der Waals surface area contributed by atoms with Gasteiger partial charge >= 0.3 is 5.97 Å². The minimum atomic E-state index is -0.508. The van der Waals surface area contributed by atoms with Crippen molar-refractivity contribution in [2.75, 3.05) is 0 Å². The van der Waals surface area contributed by atoms with Crippen molar-refractivity contribution in [1.29, 1.82) is 0 Å². The zero-order valence-electron chi connectivity index (χ0n) is 7.45. The van der Waals surface area contributed by atoms with Gasteiger partial charge in [-0.05, 0) is 6.92 Å². The monoisotopic (exact) mass is 170 g/mol. The normalized spacial score (nSPS) is 12.5. The van der Waals surface area contributed by atoms with Crippen LogP contribution in [0.25, 0.3) is 0 Å². The van der Waals surface area contributed by atoms with Crippen LogP contribution in [-0.4, -0.2) is 12.3 Å². The van der Waals surface area contributed by atoms with E-state index in [0.717, 1.165) is 6.08 Å². The Morgan fingerprint density at radius 2 is 2.33 bits per heavy atom. The van der Waals surface area contributed by atoms with E-state index in [1.807, 2.05) is 13.8 Å². The Morgan fingerprint density at radius 3 is 2.75 bits per heavy atom. The zero-order chi connectivity index (χ0) is 9.40. The quantitative estimate of drug-likeness (QED) is 0.274. The van der Waals surface area contributed by atoms with Crippen LogP contribution < -0.4 is 0 Å².